The minimum absolute atomic E-state index is 0.0648. The molecule has 0 heterocycles. The lowest BCUT2D eigenvalue weighted by atomic mass is 9.96. The lowest BCUT2D eigenvalue weighted by molar-refractivity contribution is -0.130. The van der Waals surface area contributed by atoms with Crippen molar-refractivity contribution in [3.05, 3.63) is 101 Å². The molecule has 0 spiro atoms. The number of sulfone groups is 1. The largest absolute Gasteiger partial charge is 0.411 e. The van der Waals surface area contributed by atoms with Gasteiger partial charge in [0.15, 0.2) is 9.84 Å². The molecule has 0 saturated heterocycles. The second kappa shape index (κ2) is 19.1. The number of nitrogens with one attached hydrogen (secondary N) is 4. The minimum atomic E-state index is -3.89. The molecule has 1 unspecified atom stereocenters. The summed E-state index contributed by atoms with van der Waals surface area (Å²) in [6.07, 6.45) is 0.823. The number of halogens is 1. The standard InChI is InChI=1S/C36H48FN5O6S/c1-5-25(4)34(42-33(44)23-38-20-28-12-9-13-29(37)18-28)35(45)41-31(19-26-10-7-6-8-11-26)32(43)22-39-36(24(2)3)49(47,48)30-16-14-27(15-17-30)21-40-46/h6-18,21,24-25,31-32,34,36,38-39,43,46H,5,19-20,22-23H2,1-4H3,(H,41,45)(H,42,44)/b40-21+/t25-,31?,32+,34-,36-/m0/s1. The van der Waals surface area contributed by atoms with Gasteiger partial charge in [0.05, 0.1) is 29.8 Å². The zero-order valence-electron chi connectivity index (χ0n) is 28.3. The maximum atomic E-state index is 13.7. The zero-order chi connectivity index (χ0) is 36.0. The quantitative estimate of drug-likeness (QED) is 0.0630. The number of hydrogen-bond acceptors (Lipinski definition) is 9. The number of aliphatic hydroxyl groups excluding tert-OH is 1. The van der Waals surface area contributed by atoms with Crippen molar-refractivity contribution < 1.29 is 32.7 Å². The van der Waals surface area contributed by atoms with E-state index in [4.69, 9.17) is 5.21 Å². The lowest BCUT2D eigenvalue weighted by Crippen LogP contribution is -2.58. The fourth-order valence-corrected chi connectivity index (χ4v) is 7.20. The fraction of sp³-hybridized carbons (Fsp3) is 0.417. The van der Waals surface area contributed by atoms with Crippen molar-refractivity contribution in [3.63, 3.8) is 0 Å². The molecular formula is C36H48FN5O6S. The zero-order valence-corrected chi connectivity index (χ0v) is 29.2. The first-order chi connectivity index (χ1) is 23.3. The molecule has 0 bridgehead atoms. The normalized spacial score (nSPS) is 15.0. The summed E-state index contributed by atoms with van der Waals surface area (Å²) < 4.78 is 40.7. The number of oxime groups is 1. The lowest BCUT2D eigenvalue weighted by Gasteiger charge is -2.31. The van der Waals surface area contributed by atoms with Crippen LogP contribution in [0.1, 0.15) is 50.8 Å². The van der Waals surface area contributed by atoms with Crippen molar-refractivity contribution in [2.24, 2.45) is 17.0 Å². The van der Waals surface area contributed by atoms with Crippen molar-refractivity contribution in [3.8, 4) is 0 Å². The van der Waals surface area contributed by atoms with E-state index in [1.54, 1.807) is 26.0 Å². The van der Waals surface area contributed by atoms with Gasteiger partial charge >= 0.3 is 0 Å². The third-order valence-electron chi connectivity index (χ3n) is 8.29. The summed E-state index contributed by atoms with van der Waals surface area (Å²) in [6, 6.07) is 19.5. The molecular weight excluding hydrogens is 649 g/mol. The van der Waals surface area contributed by atoms with Crippen molar-refractivity contribution >= 4 is 27.9 Å². The van der Waals surface area contributed by atoms with Crippen molar-refractivity contribution in [1.29, 1.82) is 0 Å². The molecule has 49 heavy (non-hydrogen) atoms. The average molecular weight is 698 g/mol. The van der Waals surface area contributed by atoms with E-state index in [0.29, 0.717) is 17.5 Å². The van der Waals surface area contributed by atoms with Gasteiger partial charge in [-0.3, -0.25) is 14.9 Å². The van der Waals surface area contributed by atoms with Gasteiger partial charge in [-0.1, -0.05) is 93.9 Å². The molecule has 3 rings (SSSR count). The Hall–Kier alpha value is -4.17. The van der Waals surface area contributed by atoms with Crippen LogP contribution in [0.4, 0.5) is 4.39 Å². The van der Waals surface area contributed by atoms with E-state index < -0.39 is 45.2 Å². The van der Waals surface area contributed by atoms with Gasteiger partial charge in [0.2, 0.25) is 11.8 Å². The number of amides is 2. The minimum Gasteiger partial charge on any atom is -0.411 e. The van der Waals surface area contributed by atoms with Crippen molar-refractivity contribution in [2.75, 3.05) is 13.1 Å². The number of benzene rings is 3. The molecule has 11 nitrogen and oxygen atoms in total. The first kappa shape index (κ1) is 39.3. The van der Waals surface area contributed by atoms with E-state index in [9.17, 15) is 27.5 Å². The second-order valence-corrected chi connectivity index (χ2v) is 14.5. The molecule has 0 aromatic heterocycles. The summed E-state index contributed by atoms with van der Waals surface area (Å²) in [5.41, 5.74) is 2.04. The molecule has 0 saturated carbocycles. The Balaban J connectivity index is 1.74. The second-order valence-electron chi connectivity index (χ2n) is 12.5. The maximum absolute atomic E-state index is 13.7. The molecule has 6 N–H and O–H groups in total. The summed E-state index contributed by atoms with van der Waals surface area (Å²) in [5.74, 6) is -1.89. The number of carbonyl (C=O) groups is 2. The van der Waals surface area contributed by atoms with E-state index in [2.05, 4.69) is 26.4 Å². The number of rotatable bonds is 19. The van der Waals surface area contributed by atoms with Crippen LogP contribution in [0.5, 0.6) is 0 Å². The third kappa shape index (κ3) is 12.0. The van der Waals surface area contributed by atoms with Crippen LogP contribution in [0.25, 0.3) is 0 Å². The predicted molar refractivity (Wildman–Crippen MR) is 187 cm³/mol. The van der Waals surface area contributed by atoms with E-state index in [0.717, 1.165) is 5.56 Å². The summed E-state index contributed by atoms with van der Waals surface area (Å²) in [7, 11) is -3.89. The van der Waals surface area contributed by atoms with E-state index in [-0.39, 0.29) is 48.6 Å². The molecule has 0 radical (unpaired) electrons. The van der Waals surface area contributed by atoms with Gasteiger partial charge < -0.3 is 26.3 Å². The molecule has 5 atom stereocenters. The van der Waals surface area contributed by atoms with Gasteiger partial charge in [-0.25, -0.2) is 12.8 Å². The van der Waals surface area contributed by atoms with E-state index in [1.165, 1.54) is 42.6 Å². The number of hydrogen-bond donors (Lipinski definition) is 6. The molecule has 266 valence electrons. The van der Waals surface area contributed by atoms with Crippen molar-refractivity contribution in [1.82, 2.24) is 21.3 Å². The first-order valence-corrected chi connectivity index (χ1v) is 17.9. The molecule has 13 heteroatoms. The number of carbonyl (C=O) groups excluding carboxylic acids is 2. The van der Waals surface area contributed by atoms with Crippen LogP contribution < -0.4 is 21.3 Å². The number of aliphatic hydroxyl groups is 1. The average Bonchev–Trinajstić information content (AvgIpc) is 3.07. The van der Waals surface area contributed by atoms with Gasteiger partial charge in [0.25, 0.3) is 0 Å². The molecule has 3 aromatic carbocycles. The molecule has 3 aromatic rings. The van der Waals surface area contributed by atoms with Gasteiger partial charge in [-0.2, -0.15) is 0 Å². The Bertz CT molecular complexity index is 1620. The van der Waals surface area contributed by atoms with Crippen LogP contribution in [0.2, 0.25) is 0 Å². The Labute approximate surface area is 288 Å². The van der Waals surface area contributed by atoms with E-state index >= 15 is 0 Å². The monoisotopic (exact) mass is 697 g/mol. The SMILES string of the molecule is CC[C@H](C)[C@H](NC(=O)CNCc1cccc(F)c1)C(=O)NC(Cc1ccccc1)[C@H](O)CN[C@H](C(C)C)S(=O)(=O)c1ccc(/C=N/O)cc1. The van der Waals surface area contributed by atoms with Gasteiger partial charge in [0, 0.05) is 13.1 Å². The first-order valence-electron chi connectivity index (χ1n) is 16.4. The highest BCUT2D eigenvalue weighted by Gasteiger charge is 2.33. The Kier molecular flexibility index (Phi) is 15.3. The Morgan fingerprint density at radius 2 is 1.61 bits per heavy atom. The van der Waals surface area contributed by atoms with Crippen LogP contribution >= 0.6 is 0 Å². The highest BCUT2D eigenvalue weighted by atomic mass is 32.2. The molecule has 2 amide bonds. The molecule has 0 aliphatic carbocycles. The van der Waals surface area contributed by atoms with Gasteiger partial charge in [0.1, 0.15) is 17.2 Å². The van der Waals surface area contributed by atoms with Crippen molar-refractivity contribution in [2.45, 2.75) is 75.5 Å². The summed E-state index contributed by atoms with van der Waals surface area (Å²) in [4.78, 5) is 26.7. The van der Waals surface area contributed by atoms with Crippen LogP contribution in [-0.4, -0.2) is 73.4 Å². The fourth-order valence-electron chi connectivity index (χ4n) is 5.36. The smallest absolute Gasteiger partial charge is 0.243 e. The molecule has 0 fully saturated rings. The summed E-state index contributed by atoms with van der Waals surface area (Å²) in [5, 5.41) is 33.8. The summed E-state index contributed by atoms with van der Waals surface area (Å²) in [6.45, 7) is 7.27. The third-order valence-corrected chi connectivity index (χ3v) is 10.6. The molecule has 0 aliphatic heterocycles. The van der Waals surface area contributed by atoms with Crippen LogP contribution in [0.3, 0.4) is 0 Å². The maximum Gasteiger partial charge on any atom is 0.243 e. The van der Waals surface area contributed by atoms with Crippen LogP contribution in [0.15, 0.2) is 88.9 Å². The predicted octanol–water partition coefficient (Wildman–Crippen LogP) is 3.39. The highest BCUT2D eigenvalue weighted by molar-refractivity contribution is 7.92. The van der Waals surface area contributed by atoms with Gasteiger partial charge in [-0.15, -0.1) is 0 Å². The Morgan fingerprint density at radius 3 is 2.22 bits per heavy atom. The van der Waals surface area contributed by atoms with Crippen LogP contribution in [0, 0.1) is 17.7 Å². The highest BCUT2D eigenvalue weighted by Crippen LogP contribution is 2.21. The topological polar surface area (TPSA) is 169 Å². The van der Waals surface area contributed by atoms with E-state index in [1.807, 2.05) is 44.2 Å². The molecule has 0 aliphatic rings. The Morgan fingerprint density at radius 1 is 0.939 bits per heavy atom. The summed E-state index contributed by atoms with van der Waals surface area (Å²) >= 11 is 0. The number of nitrogens with zero attached hydrogens (tertiary/aromatic N) is 1. The van der Waals surface area contributed by atoms with Crippen LogP contribution in [-0.2, 0) is 32.4 Å². The van der Waals surface area contributed by atoms with Gasteiger partial charge in [-0.05, 0) is 59.2 Å².